The van der Waals surface area contributed by atoms with Gasteiger partial charge in [-0.1, -0.05) is 18.2 Å². The molecule has 2 rings (SSSR count). The molecule has 0 unspecified atom stereocenters. The molecule has 0 atom stereocenters. The molecule has 2 aromatic rings. The van der Waals surface area contributed by atoms with Crippen LogP contribution in [0.15, 0.2) is 42.5 Å². The lowest BCUT2D eigenvalue weighted by atomic mass is 10.1. The van der Waals surface area contributed by atoms with Crippen molar-refractivity contribution in [3.63, 3.8) is 0 Å². The molecule has 3 nitrogen and oxygen atoms in total. The van der Waals surface area contributed by atoms with Crippen molar-refractivity contribution >= 4 is 12.4 Å². The lowest BCUT2D eigenvalue weighted by Crippen LogP contribution is -2.16. The second kappa shape index (κ2) is 9.28. The van der Waals surface area contributed by atoms with Crippen molar-refractivity contribution in [3.05, 3.63) is 59.4 Å². The van der Waals surface area contributed by atoms with Crippen molar-refractivity contribution in [3.8, 4) is 11.5 Å². The van der Waals surface area contributed by atoms with E-state index < -0.39 is 0 Å². The highest BCUT2D eigenvalue weighted by Crippen LogP contribution is 2.27. The highest BCUT2D eigenvalue weighted by Gasteiger charge is 2.04. The zero-order chi connectivity index (χ0) is 15.1. The van der Waals surface area contributed by atoms with E-state index >= 15 is 0 Å². The first-order valence-electron chi connectivity index (χ1n) is 6.89. The molecule has 0 aliphatic rings. The van der Waals surface area contributed by atoms with Gasteiger partial charge in [0.1, 0.15) is 5.82 Å². The van der Waals surface area contributed by atoms with Crippen molar-refractivity contribution in [2.24, 2.45) is 0 Å². The Morgan fingerprint density at radius 2 is 1.55 bits per heavy atom. The third-order valence-corrected chi connectivity index (χ3v) is 3.28. The van der Waals surface area contributed by atoms with Crippen LogP contribution in [0.3, 0.4) is 0 Å². The maximum Gasteiger partial charge on any atom is 0.161 e. The molecule has 5 heteroatoms. The number of hydrogen-bond acceptors (Lipinski definition) is 3. The number of benzene rings is 2. The fraction of sp³-hybridized carbons (Fsp3) is 0.294. The number of rotatable bonds is 7. The van der Waals surface area contributed by atoms with Gasteiger partial charge in [0, 0.05) is 6.54 Å². The number of hydrogen-bond donors (Lipinski definition) is 1. The Balaban J connectivity index is 0.00000242. The van der Waals surface area contributed by atoms with Gasteiger partial charge in [0.15, 0.2) is 11.5 Å². The van der Waals surface area contributed by atoms with Crippen LogP contribution in [0.1, 0.15) is 11.1 Å². The van der Waals surface area contributed by atoms with Crippen molar-refractivity contribution in [1.82, 2.24) is 5.32 Å². The van der Waals surface area contributed by atoms with E-state index in [9.17, 15) is 4.39 Å². The molecule has 0 radical (unpaired) electrons. The van der Waals surface area contributed by atoms with E-state index in [0.29, 0.717) is 0 Å². The number of nitrogens with one attached hydrogen (secondary N) is 1. The van der Waals surface area contributed by atoms with Crippen molar-refractivity contribution < 1.29 is 13.9 Å². The lowest BCUT2D eigenvalue weighted by Gasteiger charge is -2.10. The predicted octanol–water partition coefficient (Wildman–Crippen LogP) is 3.60. The molecule has 0 saturated carbocycles. The number of ether oxygens (including phenoxy) is 2. The summed E-state index contributed by atoms with van der Waals surface area (Å²) in [6, 6.07) is 12.5. The number of methoxy groups -OCH3 is 2. The van der Waals surface area contributed by atoms with Gasteiger partial charge in [-0.25, -0.2) is 4.39 Å². The molecule has 0 aliphatic carbocycles. The van der Waals surface area contributed by atoms with E-state index in [1.54, 1.807) is 14.2 Å². The van der Waals surface area contributed by atoms with Crippen LogP contribution in [-0.2, 0) is 13.0 Å². The Bertz CT molecular complexity index is 575. The Labute approximate surface area is 136 Å². The van der Waals surface area contributed by atoms with Gasteiger partial charge in [-0.05, 0) is 48.4 Å². The standard InChI is InChI=1S/C17H20FNO2.ClH/c1-20-16-8-5-14(11-17(16)21-2)12-19-10-9-13-3-6-15(18)7-4-13;/h3-8,11,19H,9-10,12H2,1-2H3;1H. The Hall–Kier alpha value is -1.78. The van der Waals surface area contributed by atoms with Gasteiger partial charge in [0.05, 0.1) is 14.2 Å². The summed E-state index contributed by atoms with van der Waals surface area (Å²) >= 11 is 0. The Morgan fingerprint density at radius 3 is 2.18 bits per heavy atom. The molecule has 0 bridgehead atoms. The van der Waals surface area contributed by atoms with E-state index in [1.807, 2.05) is 30.3 Å². The molecule has 0 heterocycles. The van der Waals surface area contributed by atoms with Gasteiger partial charge in [-0.15, -0.1) is 12.4 Å². The molecule has 2 aromatic carbocycles. The van der Waals surface area contributed by atoms with Crippen LogP contribution in [-0.4, -0.2) is 20.8 Å². The predicted molar refractivity (Wildman–Crippen MR) is 88.6 cm³/mol. The number of halogens is 2. The van der Waals surface area contributed by atoms with Crippen molar-refractivity contribution in [2.45, 2.75) is 13.0 Å². The second-order valence-corrected chi connectivity index (χ2v) is 4.74. The molecule has 0 aromatic heterocycles. The summed E-state index contributed by atoms with van der Waals surface area (Å²) in [4.78, 5) is 0. The maximum absolute atomic E-state index is 12.8. The summed E-state index contributed by atoms with van der Waals surface area (Å²) < 4.78 is 23.3. The summed E-state index contributed by atoms with van der Waals surface area (Å²) in [6.07, 6.45) is 0.869. The molecule has 0 amide bonds. The van der Waals surface area contributed by atoms with E-state index in [2.05, 4.69) is 5.32 Å². The van der Waals surface area contributed by atoms with Crippen LogP contribution < -0.4 is 14.8 Å². The van der Waals surface area contributed by atoms with Crippen LogP contribution in [0, 0.1) is 5.82 Å². The summed E-state index contributed by atoms with van der Waals surface area (Å²) in [5.74, 6) is 1.26. The minimum absolute atomic E-state index is 0. The largest absolute Gasteiger partial charge is 0.493 e. The average Bonchev–Trinajstić information content (AvgIpc) is 2.53. The zero-order valence-electron chi connectivity index (χ0n) is 12.8. The highest BCUT2D eigenvalue weighted by molar-refractivity contribution is 5.85. The molecule has 22 heavy (non-hydrogen) atoms. The summed E-state index contributed by atoms with van der Waals surface area (Å²) in [5, 5.41) is 3.36. The molecule has 0 spiro atoms. The van der Waals surface area contributed by atoms with E-state index in [1.165, 1.54) is 12.1 Å². The maximum atomic E-state index is 12.8. The van der Waals surface area contributed by atoms with Gasteiger partial charge in [0.25, 0.3) is 0 Å². The molecule has 1 N–H and O–H groups in total. The minimum atomic E-state index is -0.197. The Kier molecular flexibility index (Phi) is 7.71. The quantitative estimate of drug-likeness (QED) is 0.789. The molecular formula is C17H21ClFNO2. The van der Waals surface area contributed by atoms with Crippen LogP contribution in [0.5, 0.6) is 11.5 Å². The van der Waals surface area contributed by atoms with E-state index in [4.69, 9.17) is 9.47 Å². The smallest absolute Gasteiger partial charge is 0.161 e. The molecular weight excluding hydrogens is 305 g/mol. The van der Waals surface area contributed by atoms with Gasteiger partial charge in [-0.2, -0.15) is 0 Å². The van der Waals surface area contributed by atoms with E-state index in [-0.39, 0.29) is 18.2 Å². The highest BCUT2D eigenvalue weighted by atomic mass is 35.5. The van der Waals surface area contributed by atoms with Gasteiger partial charge >= 0.3 is 0 Å². The normalized spacial score (nSPS) is 9.95. The lowest BCUT2D eigenvalue weighted by molar-refractivity contribution is 0.354. The first-order valence-corrected chi connectivity index (χ1v) is 6.89. The van der Waals surface area contributed by atoms with Gasteiger partial charge in [0.2, 0.25) is 0 Å². The third-order valence-electron chi connectivity index (χ3n) is 3.28. The first kappa shape index (κ1) is 18.3. The summed E-state index contributed by atoms with van der Waals surface area (Å²) in [6.45, 7) is 1.58. The Morgan fingerprint density at radius 1 is 0.909 bits per heavy atom. The van der Waals surface area contributed by atoms with E-state index in [0.717, 1.165) is 42.1 Å². The molecule has 0 fully saturated rings. The van der Waals surface area contributed by atoms with Crippen LogP contribution in [0.2, 0.25) is 0 Å². The van der Waals surface area contributed by atoms with Crippen LogP contribution >= 0.6 is 12.4 Å². The fourth-order valence-electron chi connectivity index (χ4n) is 2.11. The van der Waals surface area contributed by atoms with Gasteiger partial charge < -0.3 is 14.8 Å². The molecule has 120 valence electrons. The summed E-state index contributed by atoms with van der Waals surface area (Å²) in [7, 11) is 3.25. The zero-order valence-corrected chi connectivity index (χ0v) is 13.6. The fourth-order valence-corrected chi connectivity index (χ4v) is 2.11. The average molecular weight is 326 g/mol. The minimum Gasteiger partial charge on any atom is -0.493 e. The monoisotopic (exact) mass is 325 g/mol. The second-order valence-electron chi connectivity index (χ2n) is 4.74. The van der Waals surface area contributed by atoms with Crippen molar-refractivity contribution in [2.75, 3.05) is 20.8 Å². The molecule has 0 saturated heterocycles. The van der Waals surface area contributed by atoms with Gasteiger partial charge in [-0.3, -0.25) is 0 Å². The van der Waals surface area contributed by atoms with Crippen LogP contribution in [0.25, 0.3) is 0 Å². The topological polar surface area (TPSA) is 30.5 Å². The first-order chi connectivity index (χ1) is 10.2. The summed E-state index contributed by atoms with van der Waals surface area (Å²) in [5.41, 5.74) is 2.25. The third kappa shape index (κ3) is 5.20. The van der Waals surface area contributed by atoms with Crippen molar-refractivity contribution in [1.29, 1.82) is 0 Å². The molecule has 0 aliphatic heterocycles. The van der Waals surface area contributed by atoms with Crippen LogP contribution in [0.4, 0.5) is 4.39 Å². The SMILES string of the molecule is COc1ccc(CNCCc2ccc(F)cc2)cc1OC.Cl.